The Balaban J connectivity index is 1.92. The molecule has 1 aromatic carbocycles. The van der Waals surface area contributed by atoms with Crippen LogP contribution in [0, 0.1) is 5.82 Å². The standard InChI is InChI=1S/C20H14FN3O4S2/c1-2-28-20(27)16-14-10-30-18(22-17(25)11-6-7-29-9-11)15(14)19(26)24(23-16)13-5-3-4-12(21)8-13/h3-10H,2H2,1H3,(H,22,25). The first-order valence-corrected chi connectivity index (χ1v) is 10.6. The van der Waals surface area contributed by atoms with E-state index >= 15 is 0 Å². The molecule has 3 heterocycles. The lowest BCUT2D eigenvalue weighted by Gasteiger charge is -2.10. The van der Waals surface area contributed by atoms with Crippen LogP contribution in [0.5, 0.6) is 0 Å². The van der Waals surface area contributed by atoms with Gasteiger partial charge in [0.1, 0.15) is 10.8 Å². The van der Waals surface area contributed by atoms with Gasteiger partial charge in [0.25, 0.3) is 11.5 Å². The van der Waals surface area contributed by atoms with Gasteiger partial charge in [-0.25, -0.2) is 9.18 Å². The van der Waals surface area contributed by atoms with Gasteiger partial charge in [-0.1, -0.05) is 6.07 Å². The minimum absolute atomic E-state index is 0.0945. The van der Waals surface area contributed by atoms with E-state index in [4.69, 9.17) is 4.74 Å². The highest BCUT2D eigenvalue weighted by Gasteiger charge is 2.23. The summed E-state index contributed by atoms with van der Waals surface area (Å²) >= 11 is 2.47. The summed E-state index contributed by atoms with van der Waals surface area (Å²) in [6, 6.07) is 6.95. The molecule has 30 heavy (non-hydrogen) atoms. The molecule has 3 aromatic heterocycles. The van der Waals surface area contributed by atoms with Crippen molar-refractivity contribution >= 4 is 50.3 Å². The van der Waals surface area contributed by atoms with E-state index in [1.54, 1.807) is 29.1 Å². The number of hydrogen-bond acceptors (Lipinski definition) is 7. The Bertz CT molecular complexity index is 1310. The molecular formula is C20H14FN3O4S2. The number of amides is 1. The average molecular weight is 443 g/mol. The maximum Gasteiger partial charge on any atom is 0.359 e. The number of thiophene rings is 2. The van der Waals surface area contributed by atoms with E-state index in [2.05, 4.69) is 10.4 Å². The molecule has 0 unspecified atom stereocenters. The van der Waals surface area contributed by atoms with Gasteiger partial charge in [0.05, 0.1) is 23.2 Å². The van der Waals surface area contributed by atoms with Crippen molar-refractivity contribution in [3.8, 4) is 5.69 Å². The van der Waals surface area contributed by atoms with Crippen LogP contribution in [0.1, 0.15) is 27.8 Å². The Morgan fingerprint density at radius 2 is 2.10 bits per heavy atom. The number of hydrogen-bond donors (Lipinski definition) is 1. The maximum atomic E-state index is 13.7. The lowest BCUT2D eigenvalue weighted by Crippen LogP contribution is -2.25. The number of fused-ring (bicyclic) bond motifs is 1. The van der Waals surface area contributed by atoms with Crippen molar-refractivity contribution in [3.05, 3.63) is 73.9 Å². The monoisotopic (exact) mass is 443 g/mol. The Kier molecular flexibility index (Phi) is 5.42. The average Bonchev–Trinajstić information content (AvgIpc) is 3.39. The first-order valence-electron chi connectivity index (χ1n) is 8.80. The topological polar surface area (TPSA) is 90.3 Å². The molecule has 1 N–H and O–H groups in total. The van der Waals surface area contributed by atoms with Crippen LogP contribution in [0.25, 0.3) is 16.5 Å². The Morgan fingerprint density at radius 3 is 2.80 bits per heavy atom. The molecule has 0 bridgehead atoms. The van der Waals surface area contributed by atoms with Crippen LogP contribution in [0.4, 0.5) is 9.39 Å². The quantitative estimate of drug-likeness (QED) is 0.470. The minimum Gasteiger partial charge on any atom is -0.461 e. The molecule has 152 valence electrons. The largest absolute Gasteiger partial charge is 0.461 e. The Hall–Kier alpha value is -3.37. The highest BCUT2D eigenvalue weighted by molar-refractivity contribution is 7.16. The third kappa shape index (κ3) is 3.62. The summed E-state index contributed by atoms with van der Waals surface area (Å²) in [6.45, 7) is 1.77. The molecule has 10 heteroatoms. The normalized spacial score (nSPS) is 10.9. The first kappa shape index (κ1) is 19.9. The van der Waals surface area contributed by atoms with Gasteiger partial charge in [-0.15, -0.1) is 11.3 Å². The van der Waals surface area contributed by atoms with Gasteiger partial charge in [0.2, 0.25) is 0 Å². The summed E-state index contributed by atoms with van der Waals surface area (Å²) in [6.07, 6.45) is 0. The van der Waals surface area contributed by atoms with E-state index in [1.807, 2.05) is 0 Å². The van der Waals surface area contributed by atoms with Gasteiger partial charge < -0.3 is 10.1 Å². The summed E-state index contributed by atoms with van der Waals surface area (Å²) in [5.41, 5.74) is -0.0889. The molecule has 4 aromatic rings. The molecule has 0 fully saturated rings. The van der Waals surface area contributed by atoms with Crippen LogP contribution in [0.2, 0.25) is 0 Å². The highest BCUT2D eigenvalue weighted by Crippen LogP contribution is 2.31. The smallest absolute Gasteiger partial charge is 0.359 e. The molecule has 7 nitrogen and oxygen atoms in total. The third-order valence-corrected chi connectivity index (χ3v) is 5.76. The van der Waals surface area contributed by atoms with Crippen molar-refractivity contribution < 1.29 is 18.7 Å². The molecule has 0 aliphatic heterocycles. The zero-order valence-corrected chi connectivity index (χ0v) is 17.2. The van der Waals surface area contributed by atoms with Crippen molar-refractivity contribution in [2.24, 2.45) is 0 Å². The summed E-state index contributed by atoms with van der Waals surface area (Å²) < 4.78 is 19.7. The number of nitrogens with zero attached hydrogens (tertiary/aromatic N) is 2. The van der Waals surface area contributed by atoms with E-state index in [-0.39, 0.29) is 39.7 Å². The van der Waals surface area contributed by atoms with Gasteiger partial charge in [0.15, 0.2) is 5.69 Å². The van der Waals surface area contributed by atoms with Crippen molar-refractivity contribution in [3.63, 3.8) is 0 Å². The molecule has 0 radical (unpaired) electrons. The van der Waals surface area contributed by atoms with Crippen molar-refractivity contribution in [2.45, 2.75) is 6.92 Å². The fraction of sp³-hybridized carbons (Fsp3) is 0.100. The van der Waals surface area contributed by atoms with Gasteiger partial charge in [-0.05, 0) is 36.6 Å². The molecule has 0 spiro atoms. The van der Waals surface area contributed by atoms with Crippen molar-refractivity contribution in [1.82, 2.24) is 9.78 Å². The van der Waals surface area contributed by atoms with Gasteiger partial charge >= 0.3 is 5.97 Å². The number of benzene rings is 1. The van der Waals surface area contributed by atoms with Crippen LogP contribution in [0.3, 0.4) is 0 Å². The maximum absolute atomic E-state index is 13.7. The summed E-state index contributed by atoms with van der Waals surface area (Å²) in [5, 5.41) is 12.5. The number of halogens is 1. The van der Waals surface area contributed by atoms with Crippen LogP contribution < -0.4 is 10.9 Å². The zero-order valence-electron chi connectivity index (χ0n) is 15.5. The molecule has 1 amide bonds. The van der Waals surface area contributed by atoms with Crippen LogP contribution in [0.15, 0.2) is 51.3 Å². The SMILES string of the molecule is CCOC(=O)c1nn(-c2cccc(F)c2)c(=O)c2c(NC(=O)c3ccsc3)scc12. The summed E-state index contributed by atoms with van der Waals surface area (Å²) in [5.74, 6) is -1.66. The van der Waals surface area contributed by atoms with Gasteiger partial charge in [-0.2, -0.15) is 21.1 Å². The number of ether oxygens (including phenoxy) is 1. The van der Waals surface area contributed by atoms with Crippen molar-refractivity contribution in [2.75, 3.05) is 11.9 Å². The number of esters is 1. The first-order chi connectivity index (χ1) is 14.5. The minimum atomic E-state index is -0.721. The molecular weight excluding hydrogens is 429 g/mol. The lowest BCUT2D eigenvalue weighted by atomic mass is 10.2. The van der Waals surface area contributed by atoms with Crippen molar-refractivity contribution in [1.29, 1.82) is 0 Å². The van der Waals surface area contributed by atoms with Gasteiger partial charge in [0, 0.05) is 16.1 Å². The van der Waals surface area contributed by atoms with E-state index in [9.17, 15) is 18.8 Å². The molecule has 0 aliphatic carbocycles. The molecule has 0 atom stereocenters. The third-order valence-electron chi connectivity index (χ3n) is 4.18. The number of anilines is 1. The highest BCUT2D eigenvalue weighted by atomic mass is 32.1. The molecule has 4 rings (SSSR count). The van der Waals surface area contributed by atoms with E-state index in [0.29, 0.717) is 5.56 Å². The number of carbonyl (C=O) groups excluding carboxylic acids is 2. The molecule has 0 saturated heterocycles. The molecule has 0 aliphatic rings. The Morgan fingerprint density at radius 1 is 1.27 bits per heavy atom. The second kappa shape index (κ2) is 8.17. The fourth-order valence-electron chi connectivity index (χ4n) is 2.84. The van der Waals surface area contributed by atoms with Crippen LogP contribution in [-0.4, -0.2) is 28.3 Å². The predicted octanol–water partition coefficient (Wildman–Crippen LogP) is 4.08. The molecule has 0 saturated carbocycles. The number of carbonyl (C=O) groups is 2. The van der Waals surface area contributed by atoms with E-state index < -0.39 is 17.3 Å². The predicted molar refractivity (Wildman–Crippen MR) is 113 cm³/mol. The second-order valence-corrected chi connectivity index (χ2v) is 7.75. The summed E-state index contributed by atoms with van der Waals surface area (Å²) in [7, 11) is 0. The van der Waals surface area contributed by atoms with Gasteiger partial charge in [-0.3, -0.25) is 9.59 Å². The second-order valence-electron chi connectivity index (χ2n) is 6.09. The van der Waals surface area contributed by atoms with Crippen LogP contribution >= 0.6 is 22.7 Å². The van der Waals surface area contributed by atoms with E-state index in [1.165, 1.54) is 29.5 Å². The summed E-state index contributed by atoms with van der Waals surface area (Å²) in [4.78, 5) is 38.2. The lowest BCUT2D eigenvalue weighted by molar-refractivity contribution is 0.0520. The number of rotatable bonds is 5. The number of nitrogens with one attached hydrogen (secondary N) is 1. The number of aromatic nitrogens is 2. The van der Waals surface area contributed by atoms with E-state index in [0.717, 1.165) is 22.1 Å². The fourth-order valence-corrected chi connectivity index (χ4v) is 4.41. The Labute approximate surface area is 177 Å². The zero-order chi connectivity index (χ0) is 21.3. The van der Waals surface area contributed by atoms with Crippen LogP contribution in [-0.2, 0) is 4.74 Å².